The summed E-state index contributed by atoms with van der Waals surface area (Å²) in [5, 5.41) is 0. The molecule has 3 aliphatic rings. The second kappa shape index (κ2) is 5.94. The Morgan fingerprint density at radius 2 is 2.13 bits per heavy atom. The summed E-state index contributed by atoms with van der Waals surface area (Å²) in [5.74, 6) is 1.22. The number of amides is 1. The van der Waals surface area contributed by atoms with E-state index >= 15 is 0 Å². The maximum absolute atomic E-state index is 12.7. The van der Waals surface area contributed by atoms with Crippen LogP contribution < -0.4 is 4.90 Å². The lowest BCUT2D eigenvalue weighted by atomic mass is 9.82. The van der Waals surface area contributed by atoms with Gasteiger partial charge in [0.2, 0.25) is 5.91 Å². The Kier molecular flexibility index (Phi) is 3.92. The van der Waals surface area contributed by atoms with Crippen molar-refractivity contribution in [2.75, 3.05) is 24.5 Å². The molecule has 1 amide bonds. The lowest BCUT2D eigenvalue weighted by molar-refractivity contribution is -0.119. The Bertz CT molecular complexity index is 595. The number of para-hydroxylation sites is 1. The van der Waals surface area contributed by atoms with Crippen molar-refractivity contribution >= 4 is 11.6 Å². The van der Waals surface area contributed by atoms with E-state index in [1.807, 2.05) is 0 Å². The van der Waals surface area contributed by atoms with Crippen molar-refractivity contribution < 1.29 is 4.79 Å². The van der Waals surface area contributed by atoms with Gasteiger partial charge >= 0.3 is 0 Å². The van der Waals surface area contributed by atoms with Gasteiger partial charge in [-0.05, 0) is 62.6 Å². The number of carbonyl (C=O) groups is 1. The van der Waals surface area contributed by atoms with Crippen molar-refractivity contribution in [1.82, 2.24) is 4.90 Å². The van der Waals surface area contributed by atoms with Gasteiger partial charge in [-0.15, -0.1) is 0 Å². The summed E-state index contributed by atoms with van der Waals surface area (Å²) < 4.78 is 0. The third-order valence-corrected chi connectivity index (χ3v) is 5.94. The quantitative estimate of drug-likeness (QED) is 0.848. The average Bonchev–Trinajstić information content (AvgIpc) is 3.30. The molecule has 0 aromatic heterocycles. The van der Waals surface area contributed by atoms with Crippen LogP contribution in [-0.4, -0.2) is 36.0 Å². The molecule has 1 aromatic rings. The highest BCUT2D eigenvalue weighted by Gasteiger charge is 2.47. The number of likely N-dealkylation sites (tertiary alicyclic amines) is 1. The van der Waals surface area contributed by atoms with E-state index in [-0.39, 0.29) is 5.54 Å². The molecule has 0 bridgehead atoms. The minimum atomic E-state index is 0.195. The zero-order chi connectivity index (χ0) is 15.9. The number of nitrogens with zero attached hydrogens (tertiary/aromatic N) is 2. The second-order valence-electron chi connectivity index (χ2n) is 7.75. The van der Waals surface area contributed by atoms with E-state index in [0.29, 0.717) is 12.3 Å². The van der Waals surface area contributed by atoms with Gasteiger partial charge in [-0.25, -0.2) is 0 Å². The van der Waals surface area contributed by atoms with E-state index in [1.165, 1.54) is 44.3 Å². The molecular weight excluding hydrogens is 284 g/mol. The fourth-order valence-corrected chi connectivity index (χ4v) is 4.56. The number of fused-ring (bicyclic) bond motifs is 1. The van der Waals surface area contributed by atoms with Gasteiger partial charge in [0, 0.05) is 30.7 Å². The number of hydrogen-bond donors (Lipinski definition) is 0. The third-order valence-electron chi connectivity index (χ3n) is 5.94. The zero-order valence-corrected chi connectivity index (χ0v) is 14.3. The number of benzene rings is 1. The smallest absolute Gasteiger partial charge is 0.227 e. The van der Waals surface area contributed by atoms with Crippen molar-refractivity contribution in [2.45, 2.75) is 57.4 Å². The van der Waals surface area contributed by atoms with Crippen LogP contribution >= 0.6 is 0 Å². The van der Waals surface area contributed by atoms with Crippen LogP contribution in [0.5, 0.6) is 0 Å². The van der Waals surface area contributed by atoms with Gasteiger partial charge in [-0.1, -0.05) is 25.1 Å². The molecule has 1 saturated heterocycles. The molecular formula is C20H28N2O. The summed E-state index contributed by atoms with van der Waals surface area (Å²) in [4.78, 5) is 17.6. The third kappa shape index (κ3) is 2.80. The number of anilines is 1. The van der Waals surface area contributed by atoms with Crippen LogP contribution in [0.2, 0.25) is 0 Å². The Balaban J connectivity index is 1.66. The summed E-state index contributed by atoms with van der Waals surface area (Å²) in [6.07, 6.45) is 8.03. The van der Waals surface area contributed by atoms with Gasteiger partial charge in [-0.2, -0.15) is 0 Å². The molecule has 124 valence electrons. The van der Waals surface area contributed by atoms with Gasteiger partial charge in [0.25, 0.3) is 0 Å². The monoisotopic (exact) mass is 312 g/mol. The fourth-order valence-electron chi connectivity index (χ4n) is 4.56. The molecule has 1 atom stereocenters. The molecule has 1 aliphatic carbocycles. The summed E-state index contributed by atoms with van der Waals surface area (Å²) in [6.45, 7) is 5.46. The van der Waals surface area contributed by atoms with E-state index < -0.39 is 0 Å². The van der Waals surface area contributed by atoms with Crippen LogP contribution in [-0.2, 0) is 11.2 Å². The summed E-state index contributed by atoms with van der Waals surface area (Å²) in [7, 11) is 0. The highest BCUT2D eigenvalue weighted by atomic mass is 16.2. The first-order valence-corrected chi connectivity index (χ1v) is 9.35. The van der Waals surface area contributed by atoms with Crippen molar-refractivity contribution in [2.24, 2.45) is 5.92 Å². The van der Waals surface area contributed by atoms with Crippen molar-refractivity contribution in [3.8, 4) is 0 Å². The first kappa shape index (κ1) is 15.2. The van der Waals surface area contributed by atoms with Crippen LogP contribution in [0.25, 0.3) is 0 Å². The number of rotatable bonds is 4. The second-order valence-corrected chi connectivity index (χ2v) is 7.75. The maximum Gasteiger partial charge on any atom is 0.227 e. The van der Waals surface area contributed by atoms with E-state index in [0.717, 1.165) is 31.0 Å². The molecule has 23 heavy (non-hydrogen) atoms. The molecule has 1 aromatic carbocycles. The van der Waals surface area contributed by atoms with Crippen LogP contribution in [0.4, 0.5) is 5.69 Å². The Morgan fingerprint density at radius 1 is 1.30 bits per heavy atom. The van der Waals surface area contributed by atoms with Crippen LogP contribution in [0.3, 0.4) is 0 Å². The lowest BCUT2D eigenvalue weighted by Gasteiger charge is -2.47. The van der Waals surface area contributed by atoms with Gasteiger partial charge in [0.15, 0.2) is 0 Å². The van der Waals surface area contributed by atoms with Gasteiger partial charge in [0.05, 0.1) is 0 Å². The molecule has 2 fully saturated rings. The van der Waals surface area contributed by atoms with Gasteiger partial charge in [-0.3, -0.25) is 9.69 Å². The van der Waals surface area contributed by atoms with Crippen molar-refractivity contribution in [3.63, 3.8) is 0 Å². The Morgan fingerprint density at radius 3 is 2.91 bits per heavy atom. The largest absolute Gasteiger partial charge is 0.310 e. The molecule has 3 nitrogen and oxygen atoms in total. The van der Waals surface area contributed by atoms with E-state index in [1.54, 1.807) is 0 Å². The highest BCUT2D eigenvalue weighted by Crippen LogP contribution is 2.43. The van der Waals surface area contributed by atoms with E-state index in [9.17, 15) is 4.79 Å². The number of carbonyl (C=O) groups excluding carboxylic acids is 1. The molecule has 0 radical (unpaired) electrons. The van der Waals surface area contributed by atoms with Crippen LogP contribution in [0.15, 0.2) is 24.3 Å². The molecule has 2 aliphatic heterocycles. The molecule has 1 unspecified atom stereocenters. The van der Waals surface area contributed by atoms with Crippen LogP contribution in [0.1, 0.15) is 51.0 Å². The summed E-state index contributed by atoms with van der Waals surface area (Å²) >= 11 is 0. The predicted octanol–water partition coefficient (Wildman–Crippen LogP) is 3.62. The highest BCUT2D eigenvalue weighted by molar-refractivity contribution is 5.95. The zero-order valence-electron chi connectivity index (χ0n) is 14.3. The predicted molar refractivity (Wildman–Crippen MR) is 93.7 cm³/mol. The van der Waals surface area contributed by atoms with Crippen molar-refractivity contribution in [1.29, 1.82) is 0 Å². The lowest BCUT2D eigenvalue weighted by Crippen LogP contribution is -2.58. The Hall–Kier alpha value is -1.35. The van der Waals surface area contributed by atoms with E-state index in [4.69, 9.17) is 0 Å². The number of hydrogen-bond acceptors (Lipinski definition) is 2. The normalized spacial score (nSPS) is 27.4. The molecule has 1 spiro atoms. The molecule has 3 heteroatoms. The Labute approximate surface area is 139 Å². The fraction of sp³-hybridized carbons (Fsp3) is 0.650. The SMILES string of the molecule is CCCC(=O)N1CC2(CCCN2CC2CC2)Cc2ccccc21. The van der Waals surface area contributed by atoms with Gasteiger partial charge in [0.1, 0.15) is 0 Å². The van der Waals surface area contributed by atoms with Crippen molar-refractivity contribution in [3.05, 3.63) is 29.8 Å². The average molecular weight is 312 g/mol. The summed E-state index contributed by atoms with van der Waals surface area (Å²) in [5.41, 5.74) is 2.72. The van der Waals surface area contributed by atoms with E-state index in [2.05, 4.69) is 41.0 Å². The maximum atomic E-state index is 12.7. The summed E-state index contributed by atoms with van der Waals surface area (Å²) in [6, 6.07) is 8.56. The first-order chi connectivity index (χ1) is 11.2. The molecule has 4 rings (SSSR count). The molecule has 1 saturated carbocycles. The first-order valence-electron chi connectivity index (χ1n) is 9.35. The minimum absolute atomic E-state index is 0.195. The molecule has 0 N–H and O–H groups in total. The standard InChI is InChI=1S/C20H28N2O/c1-2-6-19(23)22-15-20(13-17-7-3-4-8-18(17)22)11-5-12-21(20)14-16-9-10-16/h3-4,7-8,16H,2,5-6,9-15H2,1H3. The topological polar surface area (TPSA) is 23.6 Å². The minimum Gasteiger partial charge on any atom is -0.310 e. The van der Waals surface area contributed by atoms with Crippen LogP contribution in [0, 0.1) is 5.92 Å². The van der Waals surface area contributed by atoms with Gasteiger partial charge < -0.3 is 4.90 Å². The molecule has 2 heterocycles.